The van der Waals surface area contributed by atoms with Crippen molar-refractivity contribution in [1.29, 1.82) is 0 Å². The molecular weight excluding hydrogens is 685 g/mol. The van der Waals surface area contributed by atoms with Gasteiger partial charge in [-0.3, -0.25) is 4.57 Å². The third kappa shape index (κ3) is 10.7. The minimum absolute atomic E-state index is 0.0190. The maximum atomic E-state index is 14.5. The van der Waals surface area contributed by atoms with Gasteiger partial charge in [0.15, 0.2) is 6.29 Å². The van der Waals surface area contributed by atoms with Gasteiger partial charge in [0.25, 0.3) is 0 Å². The smallest absolute Gasteiger partial charge is 0.205 e. The van der Waals surface area contributed by atoms with Gasteiger partial charge in [0.05, 0.1) is 38.7 Å². The number of hydrogen-bond acceptors (Lipinski definition) is 6. The Kier molecular flexibility index (Phi) is 13.5. The molecule has 272 valence electrons. The lowest BCUT2D eigenvalue weighted by molar-refractivity contribution is -0.325. The summed E-state index contributed by atoms with van der Waals surface area (Å²) in [5.74, 6) is -1.73. The summed E-state index contributed by atoms with van der Waals surface area (Å²) in [7, 11) is -4.10. The molecule has 6 atom stereocenters. The average molecular weight is 729 g/mol. The van der Waals surface area contributed by atoms with Crippen LogP contribution >= 0.6 is 7.37 Å². The van der Waals surface area contributed by atoms with E-state index in [9.17, 15) is 18.2 Å². The summed E-state index contributed by atoms with van der Waals surface area (Å²) in [4.78, 5) is 11.1. The van der Waals surface area contributed by atoms with Gasteiger partial charge in [-0.25, -0.2) is 8.78 Å². The maximum Gasteiger partial charge on any atom is 0.205 e. The fraction of sp³-hybridized carbons (Fsp3) is 0.286. The molecule has 1 fully saturated rings. The van der Waals surface area contributed by atoms with E-state index in [0.29, 0.717) is 0 Å². The standard InChI is InChI=1S/C42H43F2O7P/c43-36-22-13-23-37(44)35(36)30-52(45,46)25-24-38-39(47-26-31-14-5-1-6-15-31)40(48-27-32-16-7-2-8-17-32)41(49-28-33-18-9-3-10-19-33)42(51-38)50-29-34-20-11-4-12-21-34/h1-23,38-42H,24-30H2,(H,45,46)/t38-,39-,40+,41+,42?/m1/s1. The molecule has 0 bridgehead atoms. The molecule has 5 aromatic rings. The van der Waals surface area contributed by atoms with Crippen LogP contribution in [0.5, 0.6) is 0 Å². The van der Waals surface area contributed by atoms with Crippen LogP contribution in [0.1, 0.15) is 34.2 Å². The van der Waals surface area contributed by atoms with Crippen LogP contribution < -0.4 is 0 Å². The molecule has 7 nitrogen and oxygen atoms in total. The largest absolute Gasteiger partial charge is 0.368 e. The SMILES string of the molecule is O=P(O)(CC[C@H]1OC(OCc2ccccc2)[C@@H](OCc2ccccc2)[C@@H](OCc2ccccc2)[C@@H]1OCc1ccccc1)Cc1c(F)cccc1F. The molecule has 6 rings (SSSR count). The van der Waals surface area contributed by atoms with Gasteiger partial charge in [0, 0.05) is 11.7 Å². The van der Waals surface area contributed by atoms with Crippen LogP contribution in [0.4, 0.5) is 8.78 Å². The first-order chi connectivity index (χ1) is 25.3. The van der Waals surface area contributed by atoms with E-state index in [1.165, 1.54) is 6.07 Å². The summed E-state index contributed by atoms with van der Waals surface area (Å²) in [5, 5.41) is 0. The van der Waals surface area contributed by atoms with Crippen molar-refractivity contribution in [2.75, 3.05) is 6.16 Å². The summed E-state index contributed by atoms with van der Waals surface area (Å²) in [5.41, 5.74) is 3.28. The molecule has 10 heteroatoms. The molecule has 5 aromatic carbocycles. The summed E-state index contributed by atoms with van der Waals surface area (Å²) < 4.78 is 75.6. The van der Waals surface area contributed by atoms with E-state index in [-0.39, 0.29) is 39.0 Å². The van der Waals surface area contributed by atoms with Crippen LogP contribution in [-0.4, -0.2) is 41.8 Å². The molecule has 0 aliphatic carbocycles. The molecule has 1 saturated heterocycles. The van der Waals surface area contributed by atoms with Crippen LogP contribution in [-0.2, 0) is 60.8 Å². The lowest BCUT2D eigenvalue weighted by Crippen LogP contribution is -2.60. The number of benzene rings is 5. The second kappa shape index (κ2) is 18.6. The zero-order valence-electron chi connectivity index (χ0n) is 28.7. The summed E-state index contributed by atoms with van der Waals surface area (Å²) in [6.45, 7) is 0.872. The van der Waals surface area contributed by atoms with Gasteiger partial charge in [-0.2, -0.15) is 0 Å². The first-order valence-corrected chi connectivity index (χ1v) is 19.4. The van der Waals surface area contributed by atoms with E-state index >= 15 is 0 Å². The number of ether oxygens (including phenoxy) is 5. The number of halogens is 2. The summed E-state index contributed by atoms with van der Waals surface area (Å²) in [6.07, 6.45) is -5.02. The minimum Gasteiger partial charge on any atom is -0.368 e. The Hall–Kier alpha value is -4.05. The molecule has 2 unspecified atom stereocenters. The highest BCUT2D eigenvalue weighted by Crippen LogP contribution is 2.47. The Bertz CT molecular complexity index is 1830. The van der Waals surface area contributed by atoms with Gasteiger partial charge in [-0.05, 0) is 40.8 Å². The second-order valence-corrected chi connectivity index (χ2v) is 15.3. The highest BCUT2D eigenvalue weighted by atomic mass is 31.2. The fourth-order valence-electron chi connectivity index (χ4n) is 6.20. The maximum absolute atomic E-state index is 14.5. The molecule has 0 radical (unpaired) electrons. The van der Waals surface area contributed by atoms with Crippen molar-refractivity contribution < 1.29 is 41.9 Å². The molecule has 1 aliphatic rings. The van der Waals surface area contributed by atoms with Gasteiger partial charge >= 0.3 is 0 Å². The van der Waals surface area contributed by atoms with E-state index in [1.807, 2.05) is 121 Å². The monoisotopic (exact) mass is 728 g/mol. The van der Waals surface area contributed by atoms with Crippen molar-refractivity contribution in [1.82, 2.24) is 0 Å². The average Bonchev–Trinajstić information content (AvgIpc) is 3.17. The Morgan fingerprint density at radius 1 is 0.538 bits per heavy atom. The normalized spacial score (nSPS) is 21.4. The van der Waals surface area contributed by atoms with E-state index < -0.39 is 61.4 Å². The summed E-state index contributed by atoms with van der Waals surface area (Å²) in [6, 6.07) is 42.1. The molecule has 1 heterocycles. The number of hydrogen-bond donors (Lipinski definition) is 1. The van der Waals surface area contributed by atoms with E-state index in [4.69, 9.17) is 23.7 Å². The molecule has 52 heavy (non-hydrogen) atoms. The van der Waals surface area contributed by atoms with Crippen molar-refractivity contribution in [2.45, 2.75) is 69.7 Å². The van der Waals surface area contributed by atoms with Crippen molar-refractivity contribution in [3.05, 3.63) is 179 Å². The molecule has 1 N–H and O–H groups in total. The topological polar surface area (TPSA) is 83.5 Å². The lowest BCUT2D eigenvalue weighted by atomic mass is 9.96. The Labute approximate surface area is 303 Å². The minimum atomic E-state index is -4.10. The van der Waals surface area contributed by atoms with Crippen LogP contribution in [0.2, 0.25) is 0 Å². The van der Waals surface area contributed by atoms with E-state index in [2.05, 4.69) is 0 Å². The van der Waals surface area contributed by atoms with Gasteiger partial charge in [-0.1, -0.05) is 127 Å². The molecular formula is C42H43F2O7P. The predicted molar refractivity (Wildman–Crippen MR) is 194 cm³/mol. The first kappa shape index (κ1) is 37.7. The van der Waals surface area contributed by atoms with Gasteiger partial charge < -0.3 is 28.6 Å². The quantitative estimate of drug-likeness (QED) is 0.0959. The third-order valence-electron chi connectivity index (χ3n) is 8.93. The molecule has 0 spiro atoms. The van der Waals surface area contributed by atoms with Gasteiger partial charge in [-0.15, -0.1) is 0 Å². The Morgan fingerprint density at radius 3 is 1.40 bits per heavy atom. The zero-order valence-corrected chi connectivity index (χ0v) is 29.6. The zero-order chi connectivity index (χ0) is 36.2. The molecule has 1 aliphatic heterocycles. The first-order valence-electron chi connectivity index (χ1n) is 17.4. The van der Waals surface area contributed by atoms with Crippen molar-refractivity contribution >= 4 is 7.37 Å². The van der Waals surface area contributed by atoms with Gasteiger partial charge in [0.2, 0.25) is 7.37 Å². The lowest BCUT2D eigenvalue weighted by Gasteiger charge is -2.46. The fourth-order valence-corrected chi connectivity index (χ4v) is 7.82. The third-order valence-corrected chi connectivity index (χ3v) is 10.7. The van der Waals surface area contributed by atoms with Crippen molar-refractivity contribution in [2.24, 2.45) is 0 Å². The van der Waals surface area contributed by atoms with Crippen molar-refractivity contribution in [3.63, 3.8) is 0 Å². The number of rotatable bonds is 17. The van der Waals surface area contributed by atoms with Gasteiger partial charge in [0.1, 0.15) is 29.9 Å². The summed E-state index contributed by atoms with van der Waals surface area (Å²) >= 11 is 0. The second-order valence-electron chi connectivity index (χ2n) is 12.8. The van der Waals surface area contributed by atoms with E-state index in [1.54, 1.807) is 0 Å². The Balaban J connectivity index is 1.32. The molecule has 0 aromatic heterocycles. The van der Waals surface area contributed by atoms with Crippen LogP contribution in [0.15, 0.2) is 140 Å². The van der Waals surface area contributed by atoms with Crippen LogP contribution in [0, 0.1) is 11.6 Å². The highest BCUT2D eigenvalue weighted by Gasteiger charge is 2.49. The molecule has 0 saturated carbocycles. The predicted octanol–water partition coefficient (Wildman–Crippen LogP) is 8.82. The highest BCUT2D eigenvalue weighted by molar-refractivity contribution is 7.57. The van der Waals surface area contributed by atoms with Crippen LogP contribution in [0.3, 0.4) is 0 Å². The Morgan fingerprint density at radius 2 is 0.942 bits per heavy atom. The van der Waals surface area contributed by atoms with Crippen molar-refractivity contribution in [3.8, 4) is 0 Å². The molecule has 0 amide bonds. The van der Waals surface area contributed by atoms with Crippen LogP contribution in [0.25, 0.3) is 0 Å². The van der Waals surface area contributed by atoms with E-state index in [0.717, 1.165) is 34.4 Å².